The Morgan fingerprint density at radius 3 is 2.75 bits per heavy atom. The average molecular weight is 290 g/mol. The third kappa shape index (κ3) is 2.86. The largest absolute Gasteiger partial charge is 0.342 e. The van der Waals surface area contributed by atoms with Crippen molar-refractivity contribution in [1.82, 2.24) is 4.90 Å². The van der Waals surface area contributed by atoms with Crippen molar-refractivity contribution in [3.8, 4) is 0 Å². The summed E-state index contributed by atoms with van der Waals surface area (Å²) in [6.07, 6.45) is 4.23. The number of carbonyl (C=O) groups is 1. The molecule has 108 valence electrons. The van der Waals surface area contributed by atoms with Crippen LogP contribution in [0, 0.1) is 5.92 Å². The summed E-state index contributed by atoms with van der Waals surface area (Å²) in [5, 5.41) is 0.0958. The number of hydrogen-bond donors (Lipinski definition) is 1. The number of hydrogen-bond acceptors (Lipinski definition) is 3. The molecule has 0 aromatic heterocycles. The summed E-state index contributed by atoms with van der Waals surface area (Å²) in [4.78, 5) is 16.0. The Kier molecular flexibility index (Phi) is 4.32. The first kappa shape index (κ1) is 14.0. The highest BCUT2D eigenvalue weighted by molar-refractivity contribution is 8.01. The van der Waals surface area contributed by atoms with E-state index in [0.717, 1.165) is 51.2 Å². The molecule has 2 heterocycles. The molecular formula is C16H22N2OS. The molecule has 1 aromatic carbocycles. The Labute approximate surface area is 124 Å². The summed E-state index contributed by atoms with van der Waals surface area (Å²) in [5.41, 5.74) is 6.95. The van der Waals surface area contributed by atoms with Crippen molar-refractivity contribution in [2.24, 2.45) is 11.7 Å². The predicted octanol–water partition coefficient (Wildman–Crippen LogP) is 2.29. The van der Waals surface area contributed by atoms with E-state index in [1.807, 2.05) is 0 Å². The Morgan fingerprint density at radius 2 is 2.05 bits per heavy atom. The van der Waals surface area contributed by atoms with Crippen LogP contribution in [0.4, 0.5) is 0 Å². The van der Waals surface area contributed by atoms with Gasteiger partial charge in [0.25, 0.3) is 0 Å². The molecule has 1 aromatic rings. The number of nitrogens with zero attached hydrogens (tertiary/aromatic N) is 1. The van der Waals surface area contributed by atoms with Crippen LogP contribution in [0.2, 0.25) is 0 Å². The number of likely N-dealkylation sites (tertiary alicyclic amines) is 1. The molecule has 0 aliphatic carbocycles. The molecule has 2 aliphatic rings. The lowest BCUT2D eigenvalue weighted by Gasteiger charge is -2.33. The van der Waals surface area contributed by atoms with E-state index in [1.165, 1.54) is 10.5 Å². The highest BCUT2D eigenvalue weighted by Gasteiger charge is 2.32. The number of amides is 1. The number of carbonyl (C=O) groups excluding carboxylic acids is 1. The third-order valence-electron chi connectivity index (χ3n) is 4.42. The number of fused-ring (bicyclic) bond motifs is 1. The summed E-state index contributed by atoms with van der Waals surface area (Å²) in [7, 11) is 0. The van der Waals surface area contributed by atoms with Crippen LogP contribution in [0.1, 0.15) is 24.8 Å². The zero-order valence-corrected chi connectivity index (χ0v) is 12.6. The zero-order chi connectivity index (χ0) is 13.9. The Balaban J connectivity index is 1.56. The molecule has 0 bridgehead atoms. The van der Waals surface area contributed by atoms with E-state index in [4.69, 9.17) is 5.73 Å². The fourth-order valence-electron chi connectivity index (χ4n) is 3.20. The second-order valence-corrected chi connectivity index (χ2v) is 7.01. The highest BCUT2D eigenvalue weighted by Crippen LogP contribution is 2.38. The topological polar surface area (TPSA) is 46.3 Å². The van der Waals surface area contributed by atoms with Crippen LogP contribution in [0.25, 0.3) is 0 Å². The minimum Gasteiger partial charge on any atom is -0.342 e. The second kappa shape index (κ2) is 6.19. The molecule has 0 spiro atoms. The fraction of sp³-hybridized carbons (Fsp3) is 0.562. The van der Waals surface area contributed by atoms with E-state index >= 15 is 0 Å². The molecule has 0 saturated carbocycles. The Morgan fingerprint density at radius 1 is 1.30 bits per heavy atom. The van der Waals surface area contributed by atoms with Crippen molar-refractivity contribution in [2.45, 2.75) is 35.8 Å². The van der Waals surface area contributed by atoms with Gasteiger partial charge in [0, 0.05) is 18.0 Å². The lowest BCUT2D eigenvalue weighted by atomic mass is 9.93. The molecule has 1 saturated heterocycles. The Hall–Kier alpha value is -1.00. The molecule has 20 heavy (non-hydrogen) atoms. The number of nitrogens with two attached hydrogens (primary N) is 1. The van der Waals surface area contributed by atoms with E-state index in [-0.39, 0.29) is 5.25 Å². The lowest BCUT2D eigenvalue weighted by molar-refractivity contribution is -0.131. The average Bonchev–Trinajstić information content (AvgIpc) is 2.91. The smallest absolute Gasteiger partial charge is 0.236 e. The van der Waals surface area contributed by atoms with Gasteiger partial charge < -0.3 is 10.6 Å². The standard InChI is InChI=1S/C16H22N2OS/c17-8-5-12-6-9-18(10-7-12)16(19)15-11-13-3-1-2-4-14(13)20-15/h1-4,12,15H,5-11,17H2. The van der Waals surface area contributed by atoms with Crippen LogP contribution in [-0.2, 0) is 11.2 Å². The molecule has 2 N–H and O–H groups in total. The third-order valence-corrected chi connectivity index (χ3v) is 5.73. The van der Waals surface area contributed by atoms with E-state index in [0.29, 0.717) is 5.91 Å². The SMILES string of the molecule is NCCC1CCN(C(=O)C2Cc3ccccc3S2)CC1. The number of thioether (sulfide) groups is 1. The van der Waals surface area contributed by atoms with Crippen LogP contribution in [0.15, 0.2) is 29.2 Å². The van der Waals surface area contributed by atoms with E-state index in [1.54, 1.807) is 11.8 Å². The first-order valence-corrected chi connectivity index (χ1v) is 8.39. The van der Waals surface area contributed by atoms with Gasteiger partial charge in [0.05, 0.1) is 5.25 Å². The maximum atomic E-state index is 12.6. The van der Waals surface area contributed by atoms with Gasteiger partial charge in [-0.3, -0.25) is 4.79 Å². The van der Waals surface area contributed by atoms with Crippen LogP contribution in [0.3, 0.4) is 0 Å². The molecule has 2 aliphatic heterocycles. The first-order chi connectivity index (χ1) is 9.78. The molecule has 3 nitrogen and oxygen atoms in total. The van der Waals surface area contributed by atoms with E-state index in [9.17, 15) is 4.79 Å². The van der Waals surface area contributed by atoms with Crippen LogP contribution < -0.4 is 5.73 Å². The van der Waals surface area contributed by atoms with Crippen molar-refractivity contribution < 1.29 is 4.79 Å². The van der Waals surface area contributed by atoms with Gasteiger partial charge >= 0.3 is 0 Å². The van der Waals surface area contributed by atoms with Gasteiger partial charge in [-0.05, 0) is 49.8 Å². The quantitative estimate of drug-likeness (QED) is 0.929. The summed E-state index contributed by atoms with van der Waals surface area (Å²) < 4.78 is 0. The summed E-state index contributed by atoms with van der Waals surface area (Å²) in [6, 6.07) is 8.38. The van der Waals surface area contributed by atoms with Crippen molar-refractivity contribution in [3.63, 3.8) is 0 Å². The van der Waals surface area contributed by atoms with E-state index in [2.05, 4.69) is 29.2 Å². The zero-order valence-electron chi connectivity index (χ0n) is 11.8. The van der Waals surface area contributed by atoms with Gasteiger partial charge in [-0.1, -0.05) is 18.2 Å². The molecule has 4 heteroatoms. The van der Waals surface area contributed by atoms with Gasteiger partial charge in [-0.25, -0.2) is 0 Å². The van der Waals surface area contributed by atoms with Crippen molar-refractivity contribution >= 4 is 17.7 Å². The summed E-state index contributed by atoms with van der Waals surface area (Å²) >= 11 is 1.74. The molecule has 1 atom stereocenters. The number of benzene rings is 1. The van der Waals surface area contributed by atoms with E-state index < -0.39 is 0 Å². The van der Waals surface area contributed by atoms with Crippen molar-refractivity contribution in [1.29, 1.82) is 0 Å². The van der Waals surface area contributed by atoms with Gasteiger partial charge in [-0.15, -0.1) is 11.8 Å². The molecule has 0 radical (unpaired) electrons. The summed E-state index contributed by atoms with van der Waals surface area (Å²) in [5.74, 6) is 1.05. The van der Waals surface area contributed by atoms with Crippen molar-refractivity contribution in [2.75, 3.05) is 19.6 Å². The Bertz CT molecular complexity index is 458. The monoisotopic (exact) mass is 290 g/mol. The minimum atomic E-state index is 0.0958. The normalized spacial score (nSPS) is 22.9. The second-order valence-electron chi connectivity index (χ2n) is 5.76. The van der Waals surface area contributed by atoms with Gasteiger partial charge in [0.1, 0.15) is 0 Å². The van der Waals surface area contributed by atoms with Gasteiger partial charge in [0.2, 0.25) is 5.91 Å². The van der Waals surface area contributed by atoms with Gasteiger partial charge in [-0.2, -0.15) is 0 Å². The minimum absolute atomic E-state index is 0.0958. The molecular weight excluding hydrogens is 268 g/mol. The summed E-state index contributed by atoms with van der Waals surface area (Å²) in [6.45, 7) is 2.60. The lowest BCUT2D eigenvalue weighted by Crippen LogP contribution is -2.43. The highest BCUT2D eigenvalue weighted by atomic mass is 32.2. The van der Waals surface area contributed by atoms with Gasteiger partial charge in [0.15, 0.2) is 0 Å². The fourth-order valence-corrected chi connectivity index (χ4v) is 4.48. The molecule has 1 unspecified atom stereocenters. The molecule has 1 fully saturated rings. The maximum absolute atomic E-state index is 12.6. The van der Waals surface area contributed by atoms with Crippen LogP contribution >= 0.6 is 11.8 Å². The van der Waals surface area contributed by atoms with Crippen LogP contribution in [-0.4, -0.2) is 35.7 Å². The van der Waals surface area contributed by atoms with Crippen LogP contribution in [0.5, 0.6) is 0 Å². The molecule has 1 amide bonds. The maximum Gasteiger partial charge on any atom is 0.236 e. The predicted molar refractivity (Wildman–Crippen MR) is 82.8 cm³/mol. The number of piperidine rings is 1. The number of rotatable bonds is 3. The first-order valence-electron chi connectivity index (χ1n) is 7.51. The van der Waals surface area contributed by atoms with Crippen molar-refractivity contribution in [3.05, 3.63) is 29.8 Å². The molecule has 3 rings (SSSR count).